The van der Waals surface area contributed by atoms with Crippen LogP contribution in [0.15, 0.2) is 30.7 Å². The maximum absolute atomic E-state index is 12.6. The van der Waals surface area contributed by atoms with Crippen molar-refractivity contribution >= 4 is 28.7 Å². The summed E-state index contributed by atoms with van der Waals surface area (Å²) in [5.41, 5.74) is 2.88. The minimum atomic E-state index is -0.109. The zero-order chi connectivity index (χ0) is 23.9. The van der Waals surface area contributed by atoms with Crippen molar-refractivity contribution in [2.24, 2.45) is 0 Å². The van der Waals surface area contributed by atoms with Crippen molar-refractivity contribution in [3.63, 3.8) is 0 Å². The van der Waals surface area contributed by atoms with Crippen molar-refractivity contribution in [1.82, 2.24) is 29.7 Å². The van der Waals surface area contributed by atoms with Gasteiger partial charge in [-0.2, -0.15) is 4.98 Å². The van der Waals surface area contributed by atoms with Gasteiger partial charge in [0.2, 0.25) is 5.95 Å². The van der Waals surface area contributed by atoms with E-state index in [1.54, 1.807) is 25.4 Å². The largest absolute Gasteiger partial charge is 0.495 e. The fourth-order valence-electron chi connectivity index (χ4n) is 4.54. The van der Waals surface area contributed by atoms with Crippen LogP contribution < -0.4 is 15.4 Å². The number of nitrogens with one attached hydrogen (secondary N) is 2. The smallest absolute Gasteiger partial charge is 0.251 e. The number of nitrogens with zero attached hydrogens (tertiary/aromatic N) is 5. The molecule has 2 heterocycles. The van der Waals surface area contributed by atoms with E-state index in [4.69, 9.17) is 9.72 Å². The number of amides is 1. The minimum absolute atomic E-state index is 0.109. The third-order valence-electron chi connectivity index (χ3n) is 6.58. The first-order valence-corrected chi connectivity index (χ1v) is 12.3. The second-order valence-corrected chi connectivity index (χ2v) is 8.67. The highest BCUT2D eigenvalue weighted by Crippen LogP contribution is 2.32. The van der Waals surface area contributed by atoms with E-state index < -0.39 is 0 Å². The first kappa shape index (κ1) is 23.9. The van der Waals surface area contributed by atoms with Gasteiger partial charge in [0, 0.05) is 18.2 Å². The quantitative estimate of drug-likeness (QED) is 0.411. The molecule has 182 valence electrons. The SMILES string of the molecule is CCN(CC)CCCNC(=O)c1ccc(Nc2ncc3ncn(C4CCCC4)c3n2)c(OC)c1. The van der Waals surface area contributed by atoms with Crippen LogP contribution in [0.4, 0.5) is 11.6 Å². The average Bonchev–Trinajstić information content (AvgIpc) is 3.54. The van der Waals surface area contributed by atoms with Gasteiger partial charge in [0.15, 0.2) is 5.65 Å². The number of anilines is 2. The van der Waals surface area contributed by atoms with E-state index in [1.165, 1.54) is 12.8 Å². The Bertz CT molecular complexity index is 1100. The summed E-state index contributed by atoms with van der Waals surface area (Å²) in [5.74, 6) is 0.922. The van der Waals surface area contributed by atoms with Gasteiger partial charge in [-0.3, -0.25) is 4.79 Å². The normalized spacial score (nSPS) is 14.1. The van der Waals surface area contributed by atoms with Crippen molar-refractivity contribution in [3.8, 4) is 5.75 Å². The molecule has 0 radical (unpaired) electrons. The Balaban J connectivity index is 1.43. The number of hydrogen-bond donors (Lipinski definition) is 2. The number of imidazole rings is 1. The highest BCUT2D eigenvalue weighted by Gasteiger charge is 2.20. The minimum Gasteiger partial charge on any atom is -0.495 e. The number of ether oxygens (including phenoxy) is 1. The summed E-state index contributed by atoms with van der Waals surface area (Å²) in [6.45, 7) is 7.96. The van der Waals surface area contributed by atoms with Crippen molar-refractivity contribution < 1.29 is 9.53 Å². The molecule has 3 aromatic rings. The molecule has 1 aromatic carbocycles. The number of carbonyl (C=O) groups is 1. The number of benzene rings is 1. The molecule has 2 N–H and O–H groups in total. The van der Waals surface area contributed by atoms with Gasteiger partial charge in [-0.25, -0.2) is 9.97 Å². The van der Waals surface area contributed by atoms with E-state index in [-0.39, 0.29) is 5.91 Å². The third-order valence-corrected chi connectivity index (χ3v) is 6.58. The molecule has 1 aliphatic carbocycles. The fraction of sp³-hybridized carbons (Fsp3) is 0.520. The van der Waals surface area contributed by atoms with Crippen LogP contribution in [0.5, 0.6) is 5.75 Å². The lowest BCUT2D eigenvalue weighted by Crippen LogP contribution is -2.29. The van der Waals surface area contributed by atoms with Crippen LogP contribution in [0.25, 0.3) is 11.2 Å². The van der Waals surface area contributed by atoms with Crippen LogP contribution >= 0.6 is 0 Å². The molecule has 0 unspecified atom stereocenters. The molecule has 4 rings (SSSR count). The van der Waals surface area contributed by atoms with Gasteiger partial charge in [-0.1, -0.05) is 26.7 Å². The molecule has 0 spiro atoms. The van der Waals surface area contributed by atoms with Crippen LogP contribution in [-0.4, -0.2) is 63.6 Å². The van der Waals surface area contributed by atoms with Crippen LogP contribution in [0, 0.1) is 0 Å². The topological polar surface area (TPSA) is 97.2 Å². The summed E-state index contributed by atoms with van der Waals surface area (Å²) < 4.78 is 7.72. The lowest BCUT2D eigenvalue weighted by molar-refractivity contribution is 0.0951. The maximum atomic E-state index is 12.6. The fourth-order valence-corrected chi connectivity index (χ4v) is 4.54. The molecule has 0 atom stereocenters. The molecule has 1 saturated carbocycles. The molecule has 0 aliphatic heterocycles. The molecular weight excluding hydrogens is 430 g/mol. The number of aromatic nitrogens is 4. The predicted molar refractivity (Wildman–Crippen MR) is 134 cm³/mol. The molecule has 34 heavy (non-hydrogen) atoms. The van der Waals surface area contributed by atoms with Crippen LogP contribution in [0.1, 0.15) is 62.4 Å². The summed E-state index contributed by atoms with van der Waals surface area (Å²) in [7, 11) is 1.59. The average molecular weight is 466 g/mol. The van der Waals surface area contributed by atoms with E-state index in [0.29, 0.717) is 35.5 Å². The zero-order valence-electron chi connectivity index (χ0n) is 20.4. The third kappa shape index (κ3) is 5.47. The van der Waals surface area contributed by atoms with Gasteiger partial charge in [0.25, 0.3) is 5.91 Å². The molecule has 9 nitrogen and oxygen atoms in total. The highest BCUT2D eigenvalue weighted by molar-refractivity contribution is 5.95. The van der Waals surface area contributed by atoms with Gasteiger partial charge >= 0.3 is 0 Å². The van der Waals surface area contributed by atoms with Crippen LogP contribution in [-0.2, 0) is 0 Å². The molecule has 1 amide bonds. The Hall–Kier alpha value is -3.20. The molecule has 0 saturated heterocycles. The summed E-state index contributed by atoms with van der Waals surface area (Å²) in [4.78, 5) is 28.6. The van der Waals surface area contributed by atoms with E-state index in [1.807, 2.05) is 12.4 Å². The Kier molecular flexibility index (Phi) is 7.95. The van der Waals surface area contributed by atoms with Crippen molar-refractivity contribution in [3.05, 3.63) is 36.3 Å². The molecule has 1 fully saturated rings. The molecule has 0 bridgehead atoms. The van der Waals surface area contributed by atoms with Crippen molar-refractivity contribution in [2.75, 3.05) is 38.6 Å². The lowest BCUT2D eigenvalue weighted by Gasteiger charge is -2.17. The molecular formula is C25H35N7O2. The van der Waals surface area contributed by atoms with E-state index in [0.717, 1.165) is 50.1 Å². The highest BCUT2D eigenvalue weighted by atomic mass is 16.5. The second-order valence-electron chi connectivity index (χ2n) is 8.67. The van der Waals surface area contributed by atoms with Crippen LogP contribution in [0.2, 0.25) is 0 Å². The Labute approximate surface area is 200 Å². The zero-order valence-corrected chi connectivity index (χ0v) is 20.4. The van der Waals surface area contributed by atoms with Crippen molar-refractivity contribution in [1.29, 1.82) is 0 Å². The lowest BCUT2D eigenvalue weighted by atomic mass is 10.1. The van der Waals surface area contributed by atoms with Gasteiger partial charge in [0.1, 0.15) is 11.3 Å². The molecule has 1 aliphatic rings. The van der Waals surface area contributed by atoms with Gasteiger partial charge < -0.3 is 24.8 Å². The number of carbonyl (C=O) groups excluding carboxylic acids is 1. The second kappa shape index (κ2) is 11.3. The first-order chi connectivity index (χ1) is 16.6. The number of rotatable bonds is 11. The van der Waals surface area contributed by atoms with Gasteiger partial charge in [-0.05, 0) is 57.1 Å². The summed E-state index contributed by atoms with van der Waals surface area (Å²) >= 11 is 0. The summed E-state index contributed by atoms with van der Waals surface area (Å²) in [6, 6.07) is 5.80. The Morgan fingerprint density at radius 3 is 2.74 bits per heavy atom. The number of fused-ring (bicyclic) bond motifs is 1. The van der Waals surface area contributed by atoms with E-state index >= 15 is 0 Å². The maximum Gasteiger partial charge on any atom is 0.251 e. The standard InChI is InChI=1S/C25H35N7O2/c1-4-31(5-2)14-8-13-26-24(33)18-11-12-20(22(15-18)34-3)29-25-27-16-21-23(30-25)32(17-28-21)19-9-6-7-10-19/h11-12,15-17,19H,4-10,13-14H2,1-3H3,(H,26,33)(H,27,29,30). The van der Waals surface area contributed by atoms with Gasteiger partial charge in [-0.15, -0.1) is 0 Å². The molecule has 2 aromatic heterocycles. The predicted octanol–water partition coefficient (Wildman–Crippen LogP) is 4.16. The molecule has 9 heteroatoms. The van der Waals surface area contributed by atoms with E-state index in [2.05, 4.69) is 43.9 Å². The summed E-state index contributed by atoms with van der Waals surface area (Å²) in [5, 5.41) is 6.24. The number of methoxy groups -OCH3 is 1. The van der Waals surface area contributed by atoms with Crippen LogP contribution in [0.3, 0.4) is 0 Å². The first-order valence-electron chi connectivity index (χ1n) is 12.3. The Morgan fingerprint density at radius 1 is 1.21 bits per heavy atom. The van der Waals surface area contributed by atoms with E-state index in [9.17, 15) is 4.79 Å². The number of hydrogen-bond acceptors (Lipinski definition) is 7. The monoisotopic (exact) mass is 465 g/mol. The van der Waals surface area contributed by atoms with Gasteiger partial charge in [0.05, 0.1) is 25.3 Å². The summed E-state index contributed by atoms with van der Waals surface area (Å²) in [6.07, 6.45) is 9.33. The Morgan fingerprint density at radius 2 is 2.00 bits per heavy atom. The van der Waals surface area contributed by atoms with Crippen molar-refractivity contribution in [2.45, 2.75) is 52.0 Å².